The van der Waals surface area contributed by atoms with E-state index in [1.807, 2.05) is 4.90 Å². The van der Waals surface area contributed by atoms with E-state index < -0.39 is 0 Å². The highest BCUT2D eigenvalue weighted by Gasteiger charge is 2.59. The molecule has 2 bridgehead atoms. The molecule has 2 heterocycles. The van der Waals surface area contributed by atoms with E-state index in [0.29, 0.717) is 5.92 Å². The van der Waals surface area contributed by atoms with Crippen LogP contribution in [0.25, 0.3) is 0 Å². The number of carbonyl (C=O) groups is 3. The van der Waals surface area contributed by atoms with Crippen LogP contribution in [0.3, 0.4) is 0 Å². The lowest BCUT2D eigenvalue weighted by atomic mass is 9.85. The predicted molar refractivity (Wildman–Crippen MR) is 84.0 cm³/mol. The SMILES string of the molecule is CC1CCCN(C(=O)CN2C(=O)C3C4C=CC(C4)C3C2=O)CC1. The monoisotopic (exact) mass is 316 g/mol. The van der Waals surface area contributed by atoms with Crippen LogP contribution in [-0.4, -0.2) is 47.2 Å². The van der Waals surface area contributed by atoms with Crippen molar-refractivity contribution >= 4 is 17.7 Å². The molecule has 0 radical (unpaired) electrons. The molecule has 5 atom stereocenters. The van der Waals surface area contributed by atoms with Crippen molar-refractivity contribution in [2.75, 3.05) is 19.6 Å². The summed E-state index contributed by atoms with van der Waals surface area (Å²) in [7, 11) is 0. The third kappa shape index (κ3) is 2.32. The van der Waals surface area contributed by atoms with Crippen molar-refractivity contribution in [2.24, 2.45) is 29.6 Å². The van der Waals surface area contributed by atoms with Gasteiger partial charge in [-0.1, -0.05) is 19.1 Å². The molecule has 4 aliphatic rings. The second-order valence-electron chi connectivity index (χ2n) is 7.68. The van der Waals surface area contributed by atoms with Gasteiger partial charge in [-0.15, -0.1) is 0 Å². The maximum Gasteiger partial charge on any atom is 0.242 e. The van der Waals surface area contributed by atoms with Gasteiger partial charge in [-0.3, -0.25) is 19.3 Å². The maximum absolute atomic E-state index is 12.6. The molecule has 23 heavy (non-hydrogen) atoms. The Morgan fingerprint density at radius 3 is 2.39 bits per heavy atom. The number of nitrogens with zero attached hydrogens (tertiary/aromatic N) is 2. The van der Waals surface area contributed by atoms with Crippen LogP contribution < -0.4 is 0 Å². The molecule has 0 aromatic carbocycles. The number of rotatable bonds is 2. The van der Waals surface area contributed by atoms with Gasteiger partial charge in [-0.25, -0.2) is 0 Å². The normalized spacial score (nSPS) is 39.1. The van der Waals surface area contributed by atoms with Crippen LogP contribution in [0.5, 0.6) is 0 Å². The summed E-state index contributed by atoms with van der Waals surface area (Å²) in [6, 6.07) is 0. The van der Waals surface area contributed by atoms with Crippen molar-refractivity contribution in [1.82, 2.24) is 9.80 Å². The van der Waals surface area contributed by atoms with Gasteiger partial charge in [0.05, 0.1) is 11.8 Å². The van der Waals surface area contributed by atoms with Crippen LogP contribution in [0.15, 0.2) is 12.2 Å². The smallest absolute Gasteiger partial charge is 0.242 e. The molecule has 2 saturated heterocycles. The first kappa shape index (κ1) is 14.9. The minimum Gasteiger partial charge on any atom is -0.341 e. The molecular weight excluding hydrogens is 292 g/mol. The average molecular weight is 316 g/mol. The minimum absolute atomic E-state index is 0.0571. The Balaban J connectivity index is 1.44. The summed E-state index contributed by atoms with van der Waals surface area (Å²) in [5, 5.41) is 0. The van der Waals surface area contributed by atoms with Gasteiger partial charge in [0, 0.05) is 13.1 Å². The summed E-state index contributed by atoms with van der Waals surface area (Å²) in [6.45, 7) is 3.65. The van der Waals surface area contributed by atoms with Crippen LogP contribution >= 0.6 is 0 Å². The molecule has 2 aliphatic heterocycles. The number of imide groups is 1. The van der Waals surface area contributed by atoms with Gasteiger partial charge in [0.1, 0.15) is 6.54 Å². The first-order valence-corrected chi connectivity index (χ1v) is 8.87. The first-order chi connectivity index (χ1) is 11.1. The molecule has 0 aromatic rings. The lowest BCUT2D eigenvalue weighted by Crippen LogP contribution is -2.44. The largest absolute Gasteiger partial charge is 0.341 e. The molecule has 4 rings (SSSR count). The number of likely N-dealkylation sites (tertiary alicyclic amines) is 2. The van der Waals surface area contributed by atoms with Gasteiger partial charge in [-0.05, 0) is 43.4 Å². The van der Waals surface area contributed by atoms with E-state index in [2.05, 4.69) is 19.1 Å². The molecule has 5 nitrogen and oxygen atoms in total. The van der Waals surface area contributed by atoms with E-state index in [-0.39, 0.29) is 47.9 Å². The zero-order valence-corrected chi connectivity index (χ0v) is 13.6. The summed E-state index contributed by atoms with van der Waals surface area (Å²) in [6.07, 6.45) is 8.25. The highest BCUT2D eigenvalue weighted by molar-refractivity contribution is 6.08. The van der Waals surface area contributed by atoms with Crippen molar-refractivity contribution in [3.05, 3.63) is 12.2 Å². The molecule has 3 amide bonds. The van der Waals surface area contributed by atoms with Crippen LogP contribution in [0.2, 0.25) is 0 Å². The number of carbonyl (C=O) groups excluding carboxylic acids is 3. The molecule has 2 aliphatic carbocycles. The number of hydrogen-bond donors (Lipinski definition) is 0. The lowest BCUT2D eigenvalue weighted by molar-refractivity contribution is -0.147. The Hall–Kier alpha value is -1.65. The van der Waals surface area contributed by atoms with Crippen molar-refractivity contribution < 1.29 is 14.4 Å². The number of hydrogen-bond acceptors (Lipinski definition) is 3. The Morgan fingerprint density at radius 1 is 1.09 bits per heavy atom. The highest BCUT2D eigenvalue weighted by atomic mass is 16.2. The first-order valence-electron chi connectivity index (χ1n) is 8.87. The quantitative estimate of drug-likeness (QED) is 0.572. The van der Waals surface area contributed by atoms with Crippen molar-refractivity contribution in [1.29, 1.82) is 0 Å². The molecule has 0 N–H and O–H groups in total. The summed E-state index contributed by atoms with van der Waals surface area (Å²) in [5.74, 6) is 0.358. The second kappa shape index (κ2) is 5.46. The van der Waals surface area contributed by atoms with Crippen molar-refractivity contribution in [3.63, 3.8) is 0 Å². The maximum atomic E-state index is 12.6. The van der Waals surface area contributed by atoms with Gasteiger partial charge in [-0.2, -0.15) is 0 Å². The lowest BCUT2D eigenvalue weighted by Gasteiger charge is -2.24. The molecule has 3 fully saturated rings. The third-order valence-electron chi connectivity index (χ3n) is 6.22. The Morgan fingerprint density at radius 2 is 1.74 bits per heavy atom. The standard InChI is InChI=1S/C18H24N2O3/c1-11-3-2-7-19(8-6-11)14(21)10-20-17(22)15-12-4-5-13(9-12)16(15)18(20)23/h4-5,11-13,15-16H,2-3,6-10H2,1H3. The van der Waals surface area contributed by atoms with E-state index in [9.17, 15) is 14.4 Å². The van der Waals surface area contributed by atoms with Gasteiger partial charge >= 0.3 is 0 Å². The van der Waals surface area contributed by atoms with E-state index >= 15 is 0 Å². The zero-order chi connectivity index (χ0) is 16.1. The van der Waals surface area contributed by atoms with Crippen molar-refractivity contribution in [3.8, 4) is 0 Å². The topological polar surface area (TPSA) is 57.7 Å². The Kier molecular flexibility index (Phi) is 3.54. The second-order valence-corrected chi connectivity index (χ2v) is 7.68. The van der Waals surface area contributed by atoms with Crippen LogP contribution in [0.4, 0.5) is 0 Å². The van der Waals surface area contributed by atoms with Crippen LogP contribution in [-0.2, 0) is 14.4 Å². The Labute approximate surface area is 136 Å². The van der Waals surface area contributed by atoms with Gasteiger partial charge in [0.2, 0.25) is 17.7 Å². The molecule has 5 unspecified atom stereocenters. The fraction of sp³-hybridized carbons (Fsp3) is 0.722. The van der Waals surface area contributed by atoms with Gasteiger partial charge in [0.15, 0.2) is 0 Å². The van der Waals surface area contributed by atoms with E-state index in [0.717, 1.165) is 38.8 Å². The summed E-state index contributed by atoms with van der Waals surface area (Å²) in [5.41, 5.74) is 0. The number of amides is 3. The summed E-state index contributed by atoms with van der Waals surface area (Å²) >= 11 is 0. The Bertz CT molecular complexity index is 555. The minimum atomic E-state index is -0.200. The van der Waals surface area contributed by atoms with E-state index in [4.69, 9.17) is 0 Å². The molecular formula is C18H24N2O3. The number of allylic oxidation sites excluding steroid dienone is 2. The fourth-order valence-electron chi connectivity index (χ4n) is 4.87. The van der Waals surface area contributed by atoms with Crippen LogP contribution in [0, 0.1) is 29.6 Å². The van der Waals surface area contributed by atoms with E-state index in [1.54, 1.807) is 0 Å². The van der Waals surface area contributed by atoms with Crippen LogP contribution in [0.1, 0.15) is 32.6 Å². The van der Waals surface area contributed by atoms with Gasteiger partial charge in [0.25, 0.3) is 0 Å². The fourth-order valence-corrected chi connectivity index (χ4v) is 4.87. The third-order valence-corrected chi connectivity index (χ3v) is 6.22. The molecule has 124 valence electrons. The molecule has 0 aromatic heterocycles. The zero-order valence-electron chi connectivity index (χ0n) is 13.6. The predicted octanol–water partition coefficient (Wildman–Crippen LogP) is 1.44. The molecule has 0 spiro atoms. The summed E-state index contributed by atoms with van der Waals surface area (Å²) in [4.78, 5) is 40.9. The molecule has 5 heteroatoms. The van der Waals surface area contributed by atoms with Crippen molar-refractivity contribution in [2.45, 2.75) is 32.6 Å². The average Bonchev–Trinajstić information content (AvgIpc) is 3.15. The summed E-state index contributed by atoms with van der Waals surface area (Å²) < 4.78 is 0. The van der Waals surface area contributed by atoms with Gasteiger partial charge < -0.3 is 4.90 Å². The number of fused-ring (bicyclic) bond motifs is 5. The highest BCUT2D eigenvalue weighted by Crippen LogP contribution is 2.52. The molecule has 1 saturated carbocycles. The van der Waals surface area contributed by atoms with E-state index in [1.165, 1.54) is 4.90 Å².